The number of carbonyl (C=O) groups is 1. The highest BCUT2D eigenvalue weighted by atomic mass is 16.1. The molecule has 0 amide bonds. The van der Waals surface area contributed by atoms with E-state index in [2.05, 4.69) is 11.7 Å². The zero-order valence-corrected chi connectivity index (χ0v) is 10.4. The number of fused-ring (bicyclic) bond motifs is 1. The number of nitrogens with zero attached hydrogens (tertiary/aromatic N) is 2. The van der Waals surface area contributed by atoms with Crippen LogP contribution in [0.5, 0.6) is 0 Å². The van der Waals surface area contributed by atoms with E-state index in [9.17, 15) is 4.79 Å². The second-order valence-electron chi connectivity index (χ2n) is 3.47. The van der Waals surface area contributed by atoms with Gasteiger partial charge in [-0.3, -0.25) is 4.79 Å². The van der Waals surface area contributed by atoms with Gasteiger partial charge in [0.25, 0.3) is 0 Å². The monoisotopic (exact) mass is 231 g/mol. The number of allylic oxidation sites excluding steroid dienone is 1. The van der Waals surface area contributed by atoms with E-state index < -0.39 is 0 Å². The van der Waals surface area contributed by atoms with Gasteiger partial charge in [-0.15, -0.1) is 0 Å². The zero-order chi connectivity index (χ0) is 13.0. The van der Waals surface area contributed by atoms with Crippen LogP contribution in [-0.4, -0.2) is 15.9 Å². The number of nitrogens with two attached hydrogens (primary N) is 1. The van der Waals surface area contributed by atoms with Gasteiger partial charge in [-0.2, -0.15) is 5.10 Å². The maximum Gasteiger partial charge on any atom is 0.153 e. The van der Waals surface area contributed by atoms with Gasteiger partial charge in [0, 0.05) is 6.20 Å². The predicted molar refractivity (Wildman–Crippen MR) is 71.0 cm³/mol. The van der Waals surface area contributed by atoms with Crippen LogP contribution in [0.15, 0.2) is 25.0 Å². The van der Waals surface area contributed by atoms with Gasteiger partial charge in [0.2, 0.25) is 0 Å². The van der Waals surface area contributed by atoms with Crippen LogP contribution in [0.3, 0.4) is 0 Å². The molecular weight excluding hydrogens is 214 g/mol. The van der Waals surface area contributed by atoms with Crippen molar-refractivity contribution in [2.45, 2.75) is 20.8 Å². The molecule has 0 saturated carbocycles. The van der Waals surface area contributed by atoms with Gasteiger partial charge in [-0.1, -0.05) is 20.4 Å². The fraction of sp³-hybridized carbons (Fsp3) is 0.231. The molecule has 0 unspecified atom stereocenters. The molecule has 0 atom stereocenters. The maximum atomic E-state index is 10.7. The predicted octanol–water partition coefficient (Wildman–Crippen LogP) is 2.79. The van der Waals surface area contributed by atoms with Gasteiger partial charge >= 0.3 is 0 Å². The molecule has 17 heavy (non-hydrogen) atoms. The van der Waals surface area contributed by atoms with Crippen LogP contribution in [0.25, 0.3) is 11.1 Å². The Morgan fingerprint density at radius 1 is 1.53 bits per heavy atom. The quantitative estimate of drug-likeness (QED) is 0.808. The molecule has 0 aromatic carbocycles. The highest BCUT2D eigenvalue weighted by Crippen LogP contribution is 2.21. The molecule has 2 aromatic rings. The van der Waals surface area contributed by atoms with Crippen molar-refractivity contribution >= 4 is 23.1 Å². The van der Waals surface area contributed by atoms with E-state index in [-0.39, 0.29) is 0 Å². The first kappa shape index (κ1) is 13.0. The Bertz CT molecular complexity index is 555. The minimum Gasteiger partial charge on any atom is -0.396 e. The lowest BCUT2D eigenvalue weighted by Gasteiger charge is -1.99. The van der Waals surface area contributed by atoms with Gasteiger partial charge in [0.15, 0.2) is 6.29 Å². The molecule has 0 saturated heterocycles. The summed E-state index contributed by atoms with van der Waals surface area (Å²) in [7, 11) is 0. The third-order valence-electron chi connectivity index (χ3n) is 2.33. The molecule has 0 aliphatic carbocycles. The van der Waals surface area contributed by atoms with E-state index in [4.69, 9.17) is 5.73 Å². The Morgan fingerprint density at radius 3 is 2.71 bits per heavy atom. The summed E-state index contributed by atoms with van der Waals surface area (Å²) in [5, 5.41) is 4.08. The molecule has 0 radical (unpaired) electrons. The van der Waals surface area contributed by atoms with Gasteiger partial charge in [-0.05, 0) is 24.1 Å². The lowest BCUT2D eigenvalue weighted by atomic mass is 10.2. The first-order chi connectivity index (χ1) is 8.13. The van der Waals surface area contributed by atoms with Crippen LogP contribution in [0.4, 0.5) is 5.69 Å². The fourth-order valence-corrected chi connectivity index (χ4v) is 1.42. The summed E-state index contributed by atoms with van der Waals surface area (Å²) in [6.07, 6.45) is 4.00. The van der Waals surface area contributed by atoms with Crippen LogP contribution < -0.4 is 5.73 Å². The van der Waals surface area contributed by atoms with Gasteiger partial charge < -0.3 is 5.73 Å². The average molecular weight is 231 g/mol. The van der Waals surface area contributed by atoms with Crippen molar-refractivity contribution in [2.75, 3.05) is 5.73 Å². The summed E-state index contributed by atoms with van der Waals surface area (Å²) >= 11 is 0. The molecule has 2 rings (SSSR count). The van der Waals surface area contributed by atoms with Crippen LogP contribution in [0, 0.1) is 0 Å². The van der Waals surface area contributed by atoms with E-state index in [1.54, 1.807) is 4.52 Å². The van der Waals surface area contributed by atoms with E-state index in [1.807, 2.05) is 33.0 Å². The van der Waals surface area contributed by atoms with Crippen LogP contribution >= 0.6 is 0 Å². The molecule has 4 nitrogen and oxygen atoms in total. The molecule has 0 fully saturated rings. The Morgan fingerprint density at radius 2 is 2.18 bits per heavy atom. The Balaban J connectivity index is 0.000000686. The Hall–Kier alpha value is -2.10. The summed E-state index contributed by atoms with van der Waals surface area (Å²) in [6.45, 7) is 9.75. The lowest BCUT2D eigenvalue weighted by Crippen LogP contribution is -1.99. The van der Waals surface area contributed by atoms with Crippen molar-refractivity contribution in [1.82, 2.24) is 9.61 Å². The number of aldehydes is 1. The topological polar surface area (TPSA) is 60.4 Å². The van der Waals surface area contributed by atoms with Crippen molar-refractivity contribution < 1.29 is 4.79 Å². The zero-order valence-electron chi connectivity index (χ0n) is 10.4. The van der Waals surface area contributed by atoms with E-state index in [1.165, 1.54) is 6.20 Å². The fourth-order valence-electron chi connectivity index (χ4n) is 1.42. The van der Waals surface area contributed by atoms with Crippen LogP contribution in [-0.2, 0) is 0 Å². The van der Waals surface area contributed by atoms with Crippen molar-refractivity contribution in [3.8, 4) is 0 Å². The number of anilines is 1. The Kier molecular flexibility index (Phi) is 4.04. The first-order valence-electron chi connectivity index (χ1n) is 5.51. The summed E-state index contributed by atoms with van der Waals surface area (Å²) in [5.74, 6) is 0. The molecule has 90 valence electrons. The van der Waals surface area contributed by atoms with Gasteiger partial charge in [0.05, 0.1) is 23.0 Å². The number of aromatic nitrogens is 2. The van der Waals surface area contributed by atoms with Gasteiger partial charge in [0.1, 0.15) is 0 Å². The molecule has 2 aromatic heterocycles. The number of carbonyl (C=O) groups excluding carboxylic acids is 1. The molecule has 4 heteroatoms. The molecule has 0 spiro atoms. The second-order valence-corrected chi connectivity index (χ2v) is 3.47. The number of hydrogen-bond acceptors (Lipinski definition) is 3. The second kappa shape index (κ2) is 5.30. The standard InChI is InChI=1S/C11H11N3O.C2H6/c1-7(2)8-3-10-11(12)9(6-15)4-13-14(10)5-8;1-2/h3-6H,1,12H2,2H3;1-2H3. The highest BCUT2D eigenvalue weighted by molar-refractivity contribution is 5.90. The van der Waals surface area contributed by atoms with Crippen LogP contribution in [0.2, 0.25) is 0 Å². The molecule has 0 aliphatic heterocycles. The molecule has 2 heterocycles. The third-order valence-corrected chi connectivity index (χ3v) is 2.33. The number of hydrogen-bond donors (Lipinski definition) is 1. The van der Waals surface area contributed by atoms with Crippen molar-refractivity contribution in [3.63, 3.8) is 0 Å². The summed E-state index contributed by atoms with van der Waals surface area (Å²) in [6, 6.07) is 1.87. The first-order valence-corrected chi connectivity index (χ1v) is 5.51. The summed E-state index contributed by atoms with van der Waals surface area (Å²) < 4.78 is 1.65. The molecular formula is C13H17N3O. The highest BCUT2D eigenvalue weighted by Gasteiger charge is 2.07. The molecule has 0 bridgehead atoms. The minimum absolute atomic E-state index is 0.411. The molecule has 2 N–H and O–H groups in total. The van der Waals surface area contributed by atoms with E-state index >= 15 is 0 Å². The smallest absolute Gasteiger partial charge is 0.153 e. The summed E-state index contributed by atoms with van der Waals surface area (Å²) in [5.41, 5.74) is 9.32. The summed E-state index contributed by atoms with van der Waals surface area (Å²) in [4.78, 5) is 10.7. The van der Waals surface area contributed by atoms with Crippen molar-refractivity contribution in [3.05, 3.63) is 36.2 Å². The number of nitrogen functional groups attached to an aromatic ring is 1. The average Bonchev–Trinajstić information content (AvgIpc) is 2.77. The van der Waals surface area contributed by atoms with Gasteiger partial charge in [-0.25, -0.2) is 4.52 Å². The molecule has 0 aliphatic rings. The van der Waals surface area contributed by atoms with E-state index in [0.29, 0.717) is 17.5 Å². The normalized spacial score (nSPS) is 9.59. The largest absolute Gasteiger partial charge is 0.396 e. The maximum absolute atomic E-state index is 10.7. The Labute approximate surface area is 101 Å². The number of rotatable bonds is 2. The lowest BCUT2D eigenvalue weighted by molar-refractivity contribution is 0.112. The van der Waals surface area contributed by atoms with Crippen molar-refractivity contribution in [1.29, 1.82) is 0 Å². The van der Waals surface area contributed by atoms with Crippen LogP contribution in [0.1, 0.15) is 36.7 Å². The minimum atomic E-state index is 0.411. The van der Waals surface area contributed by atoms with E-state index in [0.717, 1.165) is 16.7 Å². The van der Waals surface area contributed by atoms with Crippen molar-refractivity contribution in [2.24, 2.45) is 0 Å². The third kappa shape index (κ3) is 2.36. The SMILES string of the molecule is C=C(C)c1cc2c(N)c(C=O)cnn2c1.CC.